The fourth-order valence-electron chi connectivity index (χ4n) is 3.34. The zero-order valence-electron chi connectivity index (χ0n) is 19.9. The van der Waals surface area contributed by atoms with Crippen molar-refractivity contribution in [2.24, 2.45) is 0 Å². The summed E-state index contributed by atoms with van der Waals surface area (Å²) in [5.41, 5.74) is -0.651. The number of carboxylic acid groups (broad SMARTS) is 1. The van der Waals surface area contributed by atoms with E-state index in [2.05, 4.69) is 5.32 Å². The van der Waals surface area contributed by atoms with E-state index in [0.29, 0.717) is 52.4 Å². The number of amides is 1. The van der Waals surface area contributed by atoms with Gasteiger partial charge in [0.2, 0.25) is 5.91 Å². The smallest absolute Gasteiger partial charge is 0.319 e. The quantitative estimate of drug-likeness (QED) is 0.234. The third-order valence-corrected chi connectivity index (χ3v) is 5.28. The molecule has 0 atom stereocenters. The molecular weight excluding hydrogens is 449 g/mol. The minimum atomic E-state index is -0.973. The molecule has 14 heteroatoms. The average Bonchev–Trinajstić information content (AvgIpc) is 2.78. The van der Waals surface area contributed by atoms with Crippen molar-refractivity contribution in [3.05, 3.63) is 0 Å². The van der Waals surface area contributed by atoms with Crippen LogP contribution in [0.2, 0.25) is 0 Å². The maximum absolute atomic E-state index is 12.2. The Morgan fingerprint density at radius 1 is 0.706 bits per heavy atom. The number of methoxy groups -OCH3 is 2. The van der Waals surface area contributed by atoms with Gasteiger partial charge in [0.15, 0.2) is 7.85 Å². The molecule has 0 saturated carbocycles. The van der Waals surface area contributed by atoms with Gasteiger partial charge in [-0.15, -0.1) is 0 Å². The third kappa shape index (κ3) is 13.2. The number of aliphatic carboxylic acids is 1. The van der Waals surface area contributed by atoms with Gasteiger partial charge in [0.1, 0.15) is 0 Å². The topological polar surface area (TPSA) is 149 Å². The monoisotopic (exact) mass is 483 g/mol. The molecule has 0 aromatic rings. The summed E-state index contributed by atoms with van der Waals surface area (Å²) >= 11 is 0. The lowest BCUT2D eigenvalue weighted by atomic mass is 10.0. The molecule has 190 valence electrons. The van der Waals surface area contributed by atoms with Crippen molar-refractivity contribution in [3.8, 4) is 0 Å². The number of rotatable bonds is 10. The summed E-state index contributed by atoms with van der Waals surface area (Å²) < 4.78 is 9.53. The lowest BCUT2D eigenvalue weighted by Gasteiger charge is -2.33. The molecule has 1 fully saturated rings. The van der Waals surface area contributed by atoms with Crippen molar-refractivity contribution in [2.45, 2.75) is 0 Å². The highest BCUT2D eigenvalue weighted by atomic mass is 16.5. The number of nitrogens with zero attached hydrogens (tertiary/aromatic N) is 4. The molecule has 0 aliphatic carbocycles. The zero-order chi connectivity index (χ0) is 25.5. The van der Waals surface area contributed by atoms with Gasteiger partial charge in [-0.1, -0.05) is 0 Å². The van der Waals surface area contributed by atoms with Crippen LogP contribution in [-0.4, -0.2) is 161 Å². The van der Waals surface area contributed by atoms with Gasteiger partial charge in [-0.05, 0) is 0 Å². The molecule has 0 aromatic heterocycles. The normalized spacial score (nSPS) is 17.7. The first-order valence-corrected chi connectivity index (χ1v) is 10.9. The fourth-order valence-corrected chi connectivity index (χ4v) is 3.34. The number of carbonyl (C=O) groups is 5. The number of esters is 2. The van der Waals surface area contributed by atoms with Crippen LogP contribution in [-0.2, 0) is 33.4 Å². The Labute approximate surface area is 200 Å². The molecule has 1 rings (SSSR count). The summed E-state index contributed by atoms with van der Waals surface area (Å²) in [6.07, 6.45) is 0. The first-order chi connectivity index (χ1) is 16.1. The van der Waals surface area contributed by atoms with Crippen LogP contribution in [0.3, 0.4) is 0 Å². The van der Waals surface area contributed by atoms with Gasteiger partial charge < -0.3 is 24.7 Å². The van der Waals surface area contributed by atoms with Crippen molar-refractivity contribution >= 4 is 37.3 Å². The summed E-state index contributed by atoms with van der Waals surface area (Å²) in [6.45, 7) is 2.81. The van der Waals surface area contributed by atoms with Crippen LogP contribution < -0.4 is 5.32 Å². The Morgan fingerprint density at radius 3 is 1.38 bits per heavy atom. The largest absolute Gasteiger partial charge is 0.480 e. The van der Waals surface area contributed by atoms with Gasteiger partial charge in [0, 0.05) is 52.4 Å². The molecular formula is C20H34BN5O8. The molecule has 0 unspecified atom stereocenters. The van der Waals surface area contributed by atoms with Crippen LogP contribution in [0.1, 0.15) is 0 Å². The number of hydrogen-bond donors (Lipinski definition) is 2. The predicted molar refractivity (Wildman–Crippen MR) is 121 cm³/mol. The molecule has 0 aromatic carbocycles. The zero-order valence-corrected chi connectivity index (χ0v) is 19.9. The molecule has 0 bridgehead atoms. The summed E-state index contributed by atoms with van der Waals surface area (Å²) in [5, 5.41) is 11.7. The van der Waals surface area contributed by atoms with Gasteiger partial charge in [0.25, 0.3) is 0 Å². The van der Waals surface area contributed by atoms with E-state index in [-0.39, 0.29) is 38.6 Å². The summed E-state index contributed by atoms with van der Waals surface area (Å²) in [4.78, 5) is 65.5. The molecule has 2 N–H and O–H groups in total. The number of nitrogens with one attached hydrogen (secondary N) is 1. The Kier molecular flexibility index (Phi) is 14.0. The van der Waals surface area contributed by atoms with Gasteiger partial charge in [-0.2, -0.15) is 0 Å². The molecule has 1 heterocycles. The molecule has 13 nitrogen and oxygen atoms in total. The van der Waals surface area contributed by atoms with Crippen LogP contribution >= 0.6 is 0 Å². The molecule has 1 amide bonds. The molecule has 1 aliphatic heterocycles. The fraction of sp³-hybridized carbons (Fsp3) is 0.750. The van der Waals surface area contributed by atoms with Crippen molar-refractivity contribution in [2.75, 3.05) is 99.3 Å². The molecule has 1 aliphatic rings. The second-order valence-electron chi connectivity index (χ2n) is 7.89. The third-order valence-electron chi connectivity index (χ3n) is 5.28. The Morgan fingerprint density at radius 2 is 1.06 bits per heavy atom. The SMILES string of the molecule is [B]C(=O)CNC(=O)CN1CCN(CC(=O)OC)CCN(CC(=O)O)CCN(CC(=O)OC)CC1. The Balaban J connectivity index is 2.98. The highest BCUT2D eigenvalue weighted by molar-refractivity contribution is 6.58. The lowest BCUT2D eigenvalue weighted by Crippen LogP contribution is -2.50. The maximum Gasteiger partial charge on any atom is 0.319 e. The lowest BCUT2D eigenvalue weighted by molar-refractivity contribution is -0.143. The molecule has 1 saturated heterocycles. The van der Waals surface area contributed by atoms with Crippen molar-refractivity contribution in [3.63, 3.8) is 0 Å². The van der Waals surface area contributed by atoms with Crippen molar-refractivity contribution in [1.82, 2.24) is 24.9 Å². The molecule has 0 spiro atoms. The van der Waals surface area contributed by atoms with E-state index >= 15 is 0 Å². The minimum Gasteiger partial charge on any atom is -0.480 e. The van der Waals surface area contributed by atoms with E-state index in [4.69, 9.17) is 17.3 Å². The predicted octanol–water partition coefficient (Wildman–Crippen LogP) is -3.55. The number of carbonyl (C=O) groups excluding carboxylic acids is 4. The first-order valence-electron chi connectivity index (χ1n) is 10.9. The van der Waals surface area contributed by atoms with E-state index in [1.165, 1.54) is 14.2 Å². The average molecular weight is 483 g/mol. The second-order valence-corrected chi connectivity index (χ2v) is 7.89. The van der Waals surface area contributed by atoms with Crippen LogP contribution in [0.4, 0.5) is 0 Å². The van der Waals surface area contributed by atoms with Crippen molar-refractivity contribution < 1.29 is 38.6 Å². The van der Waals surface area contributed by atoms with Crippen LogP contribution in [0, 0.1) is 0 Å². The van der Waals surface area contributed by atoms with Crippen molar-refractivity contribution in [1.29, 1.82) is 0 Å². The van der Waals surface area contributed by atoms with Crippen LogP contribution in [0.15, 0.2) is 0 Å². The Bertz CT molecular complexity index is 676. The van der Waals surface area contributed by atoms with E-state index < -0.39 is 23.6 Å². The van der Waals surface area contributed by atoms with Crippen LogP contribution in [0.5, 0.6) is 0 Å². The highest BCUT2D eigenvalue weighted by Gasteiger charge is 2.21. The molecule has 2 radical (unpaired) electrons. The minimum absolute atomic E-state index is 0.00342. The van der Waals surface area contributed by atoms with E-state index in [0.717, 1.165) is 0 Å². The summed E-state index contributed by atoms with van der Waals surface area (Å²) in [7, 11) is 7.66. The van der Waals surface area contributed by atoms with Gasteiger partial charge in [0.05, 0.1) is 52.6 Å². The standard InChI is InChI=1S/C20H34BN5O8/c1-33-19(31)14-25-7-3-23(12-17(28)22-11-16(21)27)4-8-26(15-20(32)34-2)10-6-24(5-9-25)13-18(29)30/h3-15H2,1-2H3,(H,22,28)(H,29,30). The van der Waals surface area contributed by atoms with E-state index in [9.17, 15) is 29.1 Å². The van der Waals surface area contributed by atoms with E-state index in [1.54, 1.807) is 4.90 Å². The second kappa shape index (κ2) is 16.1. The number of hydrogen-bond acceptors (Lipinski definition) is 11. The molecule has 34 heavy (non-hydrogen) atoms. The summed E-state index contributed by atoms with van der Waals surface area (Å²) in [5.74, 6) is -2.20. The number of ether oxygens (including phenoxy) is 2. The number of carboxylic acids is 1. The highest BCUT2D eigenvalue weighted by Crippen LogP contribution is 2.02. The first kappa shape index (κ1) is 29.5. The van der Waals surface area contributed by atoms with E-state index in [1.807, 2.05) is 14.7 Å². The summed E-state index contributed by atoms with van der Waals surface area (Å²) in [6, 6.07) is 0. The van der Waals surface area contributed by atoms with Crippen LogP contribution in [0.25, 0.3) is 0 Å². The maximum atomic E-state index is 12.2. The Hall–Kier alpha value is -2.55. The van der Waals surface area contributed by atoms with Gasteiger partial charge in [-0.25, -0.2) is 0 Å². The van der Waals surface area contributed by atoms with Gasteiger partial charge in [-0.3, -0.25) is 38.8 Å². The van der Waals surface area contributed by atoms with Gasteiger partial charge >= 0.3 is 17.9 Å².